The Morgan fingerprint density at radius 2 is 2.22 bits per heavy atom. The third-order valence-electron chi connectivity index (χ3n) is 2.44. The minimum atomic E-state index is -0.421. The first-order valence-electron chi connectivity index (χ1n) is 5.24. The molecule has 0 spiro atoms. The Bertz CT molecular complexity index is 609. The largest absolute Gasteiger partial charge is 0.322 e. The highest BCUT2D eigenvalue weighted by molar-refractivity contribution is 9.10. The van der Waals surface area contributed by atoms with Crippen molar-refractivity contribution in [3.63, 3.8) is 0 Å². The molecule has 1 heterocycles. The number of benzene rings is 1. The van der Waals surface area contributed by atoms with Gasteiger partial charge in [-0.05, 0) is 41.1 Å². The Hall–Kier alpha value is -1.69. The van der Waals surface area contributed by atoms with Gasteiger partial charge in [0.15, 0.2) is 0 Å². The molecular formula is C12H11BrFN3O. The highest BCUT2D eigenvalue weighted by Crippen LogP contribution is 2.20. The van der Waals surface area contributed by atoms with Crippen LogP contribution in [0, 0.1) is 12.7 Å². The van der Waals surface area contributed by atoms with Crippen LogP contribution in [-0.2, 0) is 7.05 Å². The van der Waals surface area contributed by atoms with Crippen molar-refractivity contribution < 1.29 is 9.18 Å². The predicted octanol–water partition coefficient (Wildman–Crippen LogP) is 2.88. The molecule has 0 aliphatic heterocycles. The summed E-state index contributed by atoms with van der Waals surface area (Å²) >= 11 is 3.05. The van der Waals surface area contributed by atoms with E-state index in [1.807, 2.05) is 0 Å². The lowest BCUT2D eigenvalue weighted by Gasteiger charge is -2.04. The van der Waals surface area contributed by atoms with Crippen LogP contribution in [-0.4, -0.2) is 15.7 Å². The fraction of sp³-hybridized carbons (Fsp3) is 0.167. The van der Waals surface area contributed by atoms with Gasteiger partial charge in [-0.25, -0.2) is 4.39 Å². The van der Waals surface area contributed by atoms with E-state index in [0.717, 1.165) is 0 Å². The van der Waals surface area contributed by atoms with Gasteiger partial charge in [0.1, 0.15) is 5.82 Å². The lowest BCUT2D eigenvalue weighted by atomic mass is 10.2. The van der Waals surface area contributed by atoms with Crippen molar-refractivity contribution in [3.05, 3.63) is 45.9 Å². The Morgan fingerprint density at radius 3 is 2.78 bits per heavy atom. The summed E-state index contributed by atoms with van der Waals surface area (Å²) in [6.45, 7) is 1.75. The molecule has 0 bridgehead atoms. The first kappa shape index (κ1) is 12.8. The van der Waals surface area contributed by atoms with Gasteiger partial charge in [-0.2, -0.15) is 5.10 Å². The third-order valence-corrected chi connectivity index (χ3v) is 3.08. The van der Waals surface area contributed by atoms with Crippen molar-refractivity contribution in [2.45, 2.75) is 6.92 Å². The van der Waals surface area contributed by atoms with Gasteiger partial charge in [-0.1, -0.05) is 0 Å². The van der Waals surface area contributed by atoms with Crippen LogP contribution in [0.4, 0.5) is 10.1 Å². The standard InChI is InChI=1S/C12H11BrFN3O/c1-7-9(6-17(2)16-7)12(18)15-8-3-4-10(13)11(14)5-8/h3-6H,1-2H3,(H,15,18). The molecule has 1 N–H and O–H groups in total. The van der Waals surface area contributed by atoms with Gasteiger partial charge >= 0.3 is 0 Å². The first-order valence-corrected chi connectivity index (χ1v) is 6.03. The molecule has 0 radical (unpaired) electrons. The second-order valence-electron chi connectivity index (χ2n) is 3.88. The van der Waals surface area contributed by atoms with Crippen LogP contribution < -0.4 is 5.32 Å². The van der Waals surface area contributed by atoms with Gasteiger partial charge in [0.05, 0.1) is 15.7 Å². The van der Waals surface area contributed by atoms with E-state index in [1.165, 1.54) is 6.07 Å². The molecule has 1 aromatic carbocycles. The van der Waals surface area contributed by atoms with E-state index in [2.05, 4.69) is 26.3 Å². The fourth-order valence-electron chi connectivity index (χ4n) is 1.59. The number of aryl methyl sites for hydroxylation is 2. The minimum Gasteiger partial charge on any atom is -0.322 e. The van der Waals surface area contributed by atoms with Crippen molar-refractivity contribution in [3.8, 4) is 0 Å². The normalized spacial score (nSPS) is 10.4. The van der Waals surface area contributed by atoms with Gasteiger partial charge in [0, 0.05) is 18.9 Å². The number of hydrogen-bond acceptors (Lipinski definition) is 2. The van der Waals surface area contributed by atoms with Crippen LogP contribution in [0.3, 0.4) is 0 Å². The zero-order valence-corrected chi connectivity index (χ0v) is 11.5. The molecule has 0 saturated heterocycles. The van der Waals surface area contributed by atoms with Crippen LogP contribution in [0.5, 0.6) is 0 Å². The van der Waals surface area contributed by atoms with E-state index < -0.39 is 5.82 Å². The summed E-state index contributed by atoms with van der Waals surface area (Å²) < 4.78 is 15.2. The van der Waals surface area contributed by atoms with Gasteiger partial charge in [-0.3, -0.25) is 9.48 Å². The second kappa shape index (κ2) is 4.89. The van der Waals surface area contributed by atoms with Crippen molar-refractivity contribution in [2.75, 3.05) is 5.32 Å². The molecule has 0 aliphatic rings. The lowest BCUT2D eigenvalue weighted by Crippen LogP contribution is -2.12. The van der Waals surface area contributed by atoms with E-state index in [0.29, 0.717) is 21.4 Å². The number of carbonyl (C=O) groups is 1. The van der Waals surface area contributed by atoms with Gasteiger partial charge < -0.3 is 5.32 Å². The van der Waals surface area contributed by atoms with Crippen molar-refractivity contribution in [1.82, 2.24) is 9.78 Å². The van der Waals surface area contributed by atoms with E-state index in [9.17, 15) is 9.18 Å². The van der Waals surface area contributed by atoms with E-state index in [4.69, 9.17) is 0 Å². The molecule has 1 amide bonds. The highest BCUT2D eigenvalue weighted by atomic mass is 79.9. The molecule has 0 aliphatic carbocycles. The Kier molecular flexibility index (Phi) is 3.47. The number of nitrogens with zero attached hydrogens (tertiary/aromatic N) is 2. The number of carbonyl (C=O) groups excluding carboxylic acids is 1. The number of nitrogens with one attached hydrogen (secondary N) is 1. The minimum absolute atomic E-state index is 0.303. The topological polar surface area (TPSA) is 46.9 Å². The molecular weight excluding hydrogens is 301 g/mol. The molecule has 0 atom stereocenters. The third kappa shape index (κ3) is 2.59. The average molecular weight is 312 g/mol. The maximum atomic E-state index is 13.3. The van der Waals surface area contributed by atoms with Crippen LogP contribution in [0.1, 0.15) is 16.1 Å². The summed E-state index contributed by atoms with van der Waals surface area (Å²) in [6, 6.07) is 4.42. The lowest BCUT2D eigenvalue weighted by molar-refractivity contribution is 0.102. The highest BCUT2D eigenvalue weighted by Gasteiger charge is 2.13. The molecule has 6 heteroatoms. The summed E-state index contributed by atoms with van der Waals surface area (Å²) in [5, 5.41) is 6.71. The van der Waals surface area contributed by atoms with Crippen LogP contribution >= 0.6 is 15.9 Å². The molecule has 0 unspecified atom stereocenters. The van der Waals surface area contributed by atoms with Gasteiger partial charge in [0.2, 0.25) is 0 Å². The number of halogens is 2. The summed E-state index contributed by atoms with van der Waals surface area (Å²) in [6.07, 6.45) is 1.62. The Labute approximate surface area is 112 Å². The predicted molar refractivity (Wildman–Crippen MR) is 70.0 cm³/mol. The Balaban J connectivity index is 2.21. The maximum absolute atomic E-state index is 13.3. The zero-order chi connectivity index (χ0) is 13.3. The van der Waals surface area contributed by atoms with Gasteiger partial charge in [-0.15, -0.1) is 0 Å². The number of aromatic nitrogens is 2. The Morgan fingerprint density at radius 1 is 1.50 bits per heavy atom. The number of rotatable bonds is 2. The first-order chi connectivity index (χ1) is 8.47. The van der Waals surface area contributed by atoms with Crippen LogP contribution in [0.25, 0.3) is 0 Å². The van der Waals surface area contributed by atoms with Crippen molar-refractivity contribution in [2.24, 2.45) is 7.05 Å². The average Bonchev–Trinajstić information content (AvgIpc) is 2.63. The fourth-order valence-corrected chi connectivity index (χ4v) is 1.84. The maximum Gasteiger partial charge on any atom is 0.259 e. The van der Waals surface area contributed by atoms with Gasteiger partial charge in [0.25, 0.3) is 5.91 Å². The molecule has 2 rings (SSSR count). The van der Waals surface area contributed by atoms with Crippen LogP contribution in [0.2, 0.25) is 0 Å². The van der Waals surface area contributed by atoms with E-state index in [1.54, 1.807) is 37.0 Å². The molecule has 0 fully saturated rings. The quantitative estimate of drug-likeness (QED) is 0.927. The SMILES string of the molecule is Cc1nn(C)cc1C(=O)Nc1ccc(Br)c(F)c1. The summed E-state index contributed by atoms with van der Waals surface area (Å²) in [4.78, 5) is 11.9. The van der Waals surface area contributed by atoms with E-state index in [-0.39, 0.29) is 5.91 Å². The molecule has 94 valence electrons. The summed E-state index contributed by atoms with van der Waals surface area (Å²) in [5.74, 6) is -0.724. The smallest absolute Gasteiger partial charge is 0.259 e. The summed E-state index contributed by atoms with van der Waals surface area (Å²) in [7, 11) is 1.74. The molecule has 0 saturated carbocycles. The molecule has 18 heavy (non-hydrogen) atoms. The monoisotopic (exact) mass is 311 g/mol. The van der Waals surface area contributed by atoms with E-state index >= 15 is 0 Å². The molecule has 4 nitrogen and oxygen atoms in total. The summed E-state index contributed by atoms with van der Waals surface area (Å²) in [5.41, 5.74) is 1.51. The van der Waals surface area contributed by atoms with Crippen molar-refractivity contribution in [1.29, 1.82) is 0 Å². The second-order valence-corrected chi connectivity index (χ2v) is 4.74. The number of hydrogen-bond donors (Lipinski definition) is 1. The zero-order valence-electron chi connectivity index (χ0n) is 9.87. The molecule has 1 aromatic heterocycles. The van der Waals surface area contributed by atoms with Crippen molar-refractivity contribution >= 4 is 27.5 Å². The molecule has 2 aromatic rings. The number of amides is 1. The van der Waals surface area contributed by atoms with Crippen LogP contribution in [0.15, 0.2) is 28.9 Å². The number of anilines is 1.